The fourth-order valence-corrected chi connectivity index (χ4v) is 2.13. The highest BCUT2D eigenvalue weighted by molar-refractivity contribution is 5.38. The first kappa shape index (κ1) is 14.7. The van der Waals surface area contributed by atoms with Gasteiger partial charge in [-0.3, -0.25) is 4.68 Å². The van der Waals surface area contributed by atoms with E-state index in [1.807, 2.05) is 36.1 Å². The standard InChI is InChI=1S/C15H24N4O/c1-4-18(5-2)8-9-19-12-14(10-17-19)16-11-15-7-6-13(3)20-15/h6-7,10,12,16H,4-5,8-9,11H2,1-3H3. The van der Waals surface area contributed by atoms with Crippen LogP contribution in [0.3, 0.4) is 0 Å². The molecule has 0 aliphatic rings. The van der Waals surface area contributed by atoms with Crippen molar-refractivity contribution in [2.24, 2.45) is 0 Å². The van der Waals surface area contributed by atoms with Crippen LogP contribution < -0.4 is 5.32 Å². The zero-order valence-electron chi connectivity index (χ0n) is 12.6. The van der Waals surface area contributed by atoms with Crippen molar-refractivity contribution in [2.75, 3.05) is 25.0 Å². The van der Waals surface area contributed by atoms with Crippen molar-refractivity contribution in [3.05, 3.63) is 36.0 Å². The fraction of sp³-hybridized carbons (Fsp3) is 0.533. The number of anilines is 1. The lowest BCUT2D eigenvalue weighted by Gasteiger charge is -2.17. The maximum atomic E-state index is 5.52. The fourth-order valence-electron chi connectivity index (χ4n) is 2.13. The first-order chi connectivity index (χ1) is 9.71. The van der Waals surface area contributed by atoms with Crippen molar-refractivity contribution in [1.29, 1.82) is 0 Å². The highest BCUT2D eigenvalue weighted by Crippen LogP contribution is 2.10. The Labute approximate surface area is 120 Å². The van der Waals surface area contributed by atoms with Crippen molar-refractivity contribution >= 4 is 5.69 Å². The number of rotatable bonds is 8. The molecule has 5 heteroatoms. The van der Waals surface area contributed by atoms with Gasteiger partial charge in [0.05, 0.1) is 25.0 Å². The van der Waals surface area contributed by atoms with Crippen molar-refractivity contribution in [2.45, 2.75) is 33.9 Å². The van der Waals surface area contributed by atoms with Crippen LogP contribution in [0, 0.1) is 6.92 Å². The molecule has 110 valence electrons. The van der Waals surface area contributed by atoms with Gasteiger partial charge in [0.25, 0.3) is 0 Å². The minimum absolute atomic E-state index is 0.690. The molecule has 20 heavy (non-hydrogen) atoms. The van der Waals surface area contributed by atoms with Crippen LogP contribution in [0.15, 0.2) is 28.9 Å². The minimum atomic E-state index is 0.690. The molecule has 0 saturated carbocycles. The molecule has 2 aromatic heterocycles. The smallest absolute Gasteiger partial charge is 0.123 e. The van der Waals surface area contributed by atoms with E-state index < -0.39 is 0 Å². The van der Waals surface area contributed by atoms with E-state index in [4.69, 9.17) is 4.42 Å². The molecule has 0 fully saturated rings. The summed E-state index contributed by atoms with van der Waals surface area (Å²) in [6, 6.07) is 3.97. The van der Waals surface area contributed by atoms with Gasteiger partial charge < -0.3 is 14.6 Å². The first-order valence-corrected chi connectivity index (χ1v) is 7.25. The summed E-state index contributed by atoms with van der Waals surface area (Å²) in [6.07, 6.45) is 3.90. The molecule has 0 aliphatic heterocycles. The van der Waals surface area contributed by atoms with Crippen molar-refractivity contribution in [3.63, 3.8) is 0 Å². The molecule has 1 N–H and O–H groups in total. The molecule has 0 amide bonds. The Balaban J connectivity index is 1.80. The van der Waals surface area contributed by atoms with Crippen LogP contribution in [0.25, 0.3) is 0 Å². The summed E-state index contributed by atoms with van der Waals surface area (Å²) in [7, 11) is 0. The lowest BCUT2D eigenvalue weighted by atomic mass is 10.4. The van der Waals surface area contributed by atoms with Gasteiger partial charge in [-0.2, -0.15) is 5.10 Å². The van der Waals surface area contributed by atoms with E-state index in [0.29, 0.717) is 6.54 Å². The molecular weight excluding hydrogens is 252 g/mol. The number of aryl methyl sites for hydroxylation is 1. The normalized spacial score (nSPS) is 11.2. The molecule has 0 radical (unpaired) electrons. The molecule has 0 aromatic carbocycles. The van der Waals surface area contributed by atoms with E-state index in [9.17, 15) is 0 Å². The highest BCUT2D eigenvalue weighted by atomic mass is 16.3. The lowest BCUT2D eigenvalue weighted by Crippen LogP contribution is -2.27. The van der Waals surface area contributed by atoms with Gasteiger partial charge in [-0.05, 0) is 32.1 Å². The Kier molecular flexibility index (Phi) is 5.24. The van der Waals surface area contributed by atoms with Crippen LogP contribution in [-0.4, -0.2) is 34.3 Å². The third-order valence-corrected chi connectivity index (χ3v) is 3.44. The highest BCUT2D eigenvalue weighted by Gasteiger charge is 2.03. The molecule has 2 rings (SSSR count). The topological polar surface area (TPSA) is 46.2 Å². The van der Waals surface area contributed by atoms with Gasteiger partial charge in [-0.15, -0.1) is 0 Å². The second-order valence-corrected chi connectivity index (χ2v) is 4.88. The molecule has 0 unspecified atom stereocenters. The van der Waals surface area contributed by atoms with Crippen LogP contribution in [0.4, 0.5) is 5.69 Å². The van der Waals surface area contributed by atoms with Gasteiger partial charge in [0.1, 0.15) is 11.5 Å². The molecule has 0 bridgehead atoms. The molecule has 2 heterocycles. The van der Waals surface area contributed by atoms with Crippen molar-refractivity contribution < 1.29 is 4.42 Å². The van der Waals surface area contributed by atoms with E-state index in [-0.39, 0.29) is 0 Å². The summed E-state index contributed by atoms with van der Waals surface area (Å²) in [6.45, 7) is 11.1. The van der Waals surface area contributed by atoms with Crippen molar-refractivity contribution in [1.82, 2.24) is 14.7 Å². The Hall–Kier alpha value is -1.75. The van der Waals surface area contributed by atoms with Gasteiger partial charge in [0.2, 0.25) is 0 Å². The number of hydrogen-bond donors (Lipinski definition) is 1. The summed E-state index contributed by atoms with van der Waals surface area (Å²) < 4.78 is 7.50. The monoisotopic (exact) mass is 276 g/mol. The second-order valence-electron chi connectivity index (χ2n) is 4.88. The van der Waals surface area contributed by atoms with Crippen LogP contribution >= 0.6 is 0 Å². The molecule has 0 spiro atoms. The maximum Gasteiger partial charge on any atom is 0.123 e. The average Bonchev–Trinajstić information content (AvgIpc) is 3.07. The SMILES string of the molecule is CCN(CC)CCn1cc(NCc2ccc(C)o2)cn1. The number of likely N-dealkylation sites (N-methyl/N-ethyl adjacent to an activating group) is 1. The number of hydrogen-bond acceptors (Lipinski definition) is 4. The molecule has 0 saturated heterocycles. The Morgan fingerprint density at radius 2 is 2.10 bits per heavy atom. The molecule has 2 aromatic rings. The van der Waals surface area contributed by atoms with Crippen molar-refractivity contribution in [3.8, 4) is 0 Å². The van der Waals surface area contributed by atoms with Gasteiger partial charge in [-0.25, -0.2) is 0 Å². The van der Waals surface area contributed by atoms with Crippen LogP contribution in [-0.2, 0) is 13.1 Å². The van der Waals surface area contributed by atoms with E-state index in [0.717, 1.165) is 43.4 Å². The third-order valence-electron chi connectivity index (χ3n) is 3.44. The van der Waals surface area contributed by atoms with E-state index in [1.54, 1.807) is 0 Å². The Bertz CT molecular complexity index is 513. The zero-order chi connectivity index (χ0) is 14.4. The van der Waals surface area contributed by atoms with Crippen LogP contribution in [0.5, 0.6) is 0 Å². The van der Waals surface area contributed by atoms with Gasteiger partial charge >= 0.3 is 0 Å². The largest absolute Gasteiger partial charge is 0.465 e. The van der Waals surface area contributed by atoms with Gasteiger partial charge in [0, 0.05) is 12.7 Å². The lowest BCUT2D eigenvalue weighted by molar-refractivity contribution is 0.285. The summed E-state index contributed by atoms with van der Waals surface area (Å²) >= 11 is 0. The summed E-state index contributed by atoms with van der Waals surface area (Å²) in [4.78, 5) is 2.39. The van der Waals surface area contributed by atoms with E-state index in [2.05, 4.69) is 29.2 Å². The molecule has 0 aliphatic carbocycles. The molecule has 0 atom stereocenters. The number of nitrogens with one attached hydrogen (secondary N) is 1. The average molecular weight is 276 g/mol. The molecular formula is C15H24N4O. The van der Waals surface area contributed by atoms with Gasteiger partial charge in [-0.1, -0.05) is 13.8 Å². The summed E-state index contributed by atoms with van der Waals surface area (Å²) in [5.41, 5.74) is 1.03. The van der Waals surface area contributed by atoms with E-state index in [1.165, 1.54) is 0 Å². The Morgan fingerprint density at radius 1 is 1.30 bits per heavy atom. The number of furan rings is 1. The minimum Gasteiger partial charge on any atom is -0.465 e. The molecule has 5 nitrogen and oxygen atoms in total. The van der Waals surface area contributed by atoms with Crippen LogP contribution in [0.2, 0.25) is 0 Å². The number of nitrogens with zero attached hydrogens (tertiary/aromatic N) is 3. The predicted molar refractivity (Wildman–Crippen MR) is 80.8 cm³/mol. The maximum absolute atomic E-state index is 5.52. The quantitative estimate of drug-likeness (QED) is 0.805. The third kappa shape index (κ3) is 4.13. The van der Waals surface area contributed by atoms with E-state index >= 15 is 0 Å². The second kappa shape index (κ2) is 7.14. The van der Waals surface area contributed by atoms with Gasteiger partial charge in [0.15, 0.2) is 0 Å². The first-order valence-electron chi connectivity index (χ1n) is 7.25. The summed E-state index contributed by atoms with van der Waals surface area (Å²) in [5, 5.41) is 7.69. The summed E-state index contributed by atoms with van der Waals surface area (Å²) in [5.74, 6) is 1.88. The number of aromatic nitrogens is 2. The Morgan fingerprint density at radius 3 is 2.75 bits per heavy atom. The zero-order valence-corrected chi connectivity index (χ0v) is 12.6. The van der Waals surface area contributed by atoms with Crippen LogP contribution in [0.1, 0.15) is 25.4 Å². The predicted octanol–water partition coefficient (Wildman–Crippen LogP) is 2.74.